The number of likely N-dealkylation sites (tertiary alicyclic amines) is 1. The van der Waals surface area contributed by atoms with Gasteiger partial charge in [-0.3, -0.25) is 9.78 Å². The SMILES string of the molecule is CC(C)(C)CC(=O)N1CCC(COc2ccc(-c3ccc(S(C)(=O)=O)cc3)nc2)CC1. The average Bonchev–Trinajstić information content (AvgIpc) is 2.71. The summed E-state index contributed by atoms with van der Waals surface area (Å²) in [5.74, 6) is 1.39. The van der Waals surface area contributed by atoms with Crippen LogP contribution in [0, 0.1) is 11.3 Å². The first-order valence-electron chi connectivity index (χ1n) is 10.7. The second kappa shape index (κ2) is 9.39. The van der Waals surface area contributed by atoms with E-state index >= 15 is 0 Å². The van der Waals surface area contributed by atoms with Crippen LogP contribution in [-0.2, 0) is 14.6 Å². The lowest BCUT2D eigenvalue weighted by molar-refractivity contribution is -0.134. The van der Waals surface area contributed by atoms with Crippen LogP contribution in [0.4, 0.5) is 0 Å². The molecule has 168 valence electrons. The zero-order chi connectivity index (χ0) is 22.6. The Bertz CT molecular complexity index is 985. The highest BCUT2D eigenvalue weighted by Gasteiger charge is 2.26. The molecule has 3 rings (SSSR count). The van der Waals surface area contributed by atoms with Crippen molar-refractivity contribution in [2.75, 3.05) is 26.0 Å². The molecule has 1 fully saturated rings. The molecule has 1 amide bonds. The van der Waals surface area contributed by atoms with E-state index in [2.05, 4.69) is 25.8 Å². The summed E-state index contributed by atoms with van der Waals surface area (Å²) in [6.45, 7) is 8.49. The summed E-state index contributed by atoms with van der Waals surface area (Å²) in [7, 11) is -3.21. The first-order valence-corrected chi connectivity index (χ1v) is 12.6. The average molecular weight is 445 g/mol. The van der Waals surface area contributed by atoms with E-state index in [9.17, 15) is 13.2 Å². The molecule has 0 radical (unpaired) electrons. The van der Waals surface area contributed by atoms with E-state index in [-0.39, 0.29) is 11.3 Å². The predicted octanol–water partition coefficient (Wildman–Crippen LogP) is 4.21. The lowest BCUT2D eigenvalue weighted by Gasteiger charge is -2.33. The molecule has 0 aliphatic carbocycles. The van der Waals surface area contributed by atoms with E-state index in [1.807, 2.05) is 17.0 Å². The van der Waals surface area contributed by atoms with Gasteiger partial charge < -0.3 is 9.64 Å². The number of nitrogens with zero attached hydrogens (tertiary/aromatic N) is 2. The summed E-state index contributed by atoms with van der Waals surface area (Å²) < 4.78 is 29.1. The highest BCUT2D eigenvalue weighted by Crippen LogP contribution is 2.25. The molecule has 7 heteroatoms. The van der Waals surface area contributed by atoms with Gasteiger partial charge in [0.15, 0.2) is 9.84 Å². The number of piperidine rings is 1. The van der Waals surface area contributed by atoms with Crippen molar-refractivity contribution < 1.29 is 17.9 Å². The lowest BCUT2D eigenvalue weighted by atomic mass is 9.90. The Kier molecular flexibility index (Phi) is 7.04. The molecule has 0 unspecified atom stereocenters. The number of hydrogen-bond donors (Lipinski definition) is 0. The second-order valence-electron chi connectivity index (χ2n) is 9.55. The van der Waals surface area contributed by atoms with Gasteiger partial charge in [0, 0.05) is 31.3 Å². The minimum absolute atomic E-state index is 0.0198. The maximum absolute atomic E-state index is 12.4. The monoisotopic (exact) mass is 444 g/mol. The summed E-state index contributed by atoms with van der Waals surface area (Å²) in [6.07, 6.45) is 5.38. The van der Waals surface area contributed by atoms with Gasteiger partial charge in [-0.15, -0.1) is 0 Å². The van der Waals surface area contributed by atoms with Crippen molar-refractivity contribution in [3.05, 3.63) is 42.6 Å². The van der Waals surface area contributed by atoms with Gasteiger partial charge in [-0.25, -0.2) is 8.42 Å². The van der Waals surface area contributed by atoms with Crippen molar-refractivity contribution in [1.29, 1.82) is 0 Å². The van der Waals surface area contributed by atoms with Gasteiger partial charge in [-0.05, 0) is 48.4 Å². The predicted molar refractivity (Wildman–Crippen MR) is 122 cm³/mol. The molecule has 1 aromatic heterocycles. The fourth-order valence-corrected chi connectivity index (χ4v) is 4.27. The Balaban J connectivity index is 1.48. The van der Waals surface area contributed by atoms with Gasteiger partial charge >= 0.3 is 0 Å². The van der Waals surface area contributed by atoms with E-state index in [1.165, 1.54) is 6.26 Å². The van der Waals surface area contributed by atoms with Crippen LogP contribution in [0.2, 0.25) is 0 Å². The van der Waals surface area contributed by atoms with Gasteiger partial charge in [0.1, 0.15) is 5.75 Å². The maximum atomic E-state index is 12.4. The van der Waals surface area contributed by atoms with E-state index in [0.29, 0.717) is 29.6 Å². The number of aromatic nitrogens is 1. The summed E-state index contributed by atoms with van der Waals surface area (Å²) >= 11 is 0. The molecule has 31 heavy (non-hydrogen) atoms. The van der Waals surface area contributed by atoms with Crippen molar-refractivity contribution in [2.45, 2.75) is 44.9 Å². The van der Waals surface area contributed by atoms with Crippen molar-refractivity contribution in [1.82, 2.24) is 9.88 Å². The smallest absolute Gasteiger partial charge is 0.223 e. The normalized spacial score (nSPS) is 15.7. The molecule has 2 aromatic rings. The number of amides is 1. The molecule has 1 saturated heterocycles. The summed E-state index contributed by atoms with van der Waals surface area (Å²) in [5.41, 5.74) is 1.63. The van der Waals surface area contributed by atoms with Crippen LogP contribution in [-0.4, -0.2) is 50.2 Å². The van der Waals surface area contributed by atoms with E-state index in [1.54, 1.807) is 30.5 Å². The van der Waals surface area contributed by atoms with Gasteiger partial charge in [-0.2, -0.15) is 0 Å². The van der Waals surface area contributed by atoms with Crippen molar-refractivity contribution in [3.8, 4) is 17.0 Å². The van der Waals surface area contributed by atoms with Crippen LogP contribution in [0.15, 0.2) is 47.5 Å². The van der Waals surface area contributed by atoms with E-state index in [0.717, 1.165) is 37.2 Å². The molecule has 6 nitrogen and oxygen atoms in total. The van der Waals surface area contributed by atoms with Gasteiger partial charge in [0.2, 0.25) is 5.91 Å². The zero-order valence-electron chi connectivity index (χ0n) is 18.8. The lowest BCUT2D eigenvalue weighted by Crippen LogP contribution is -2.40. The molecular weight excluding hydrogens is 412 g/mol. The Labute approximate surface area is 185 Å². The Morgan fingerprint density at radius 3 is 2.26 bits per heavy atom. The van der Waals surface area contributed by atoms with Crippen LogP contribution in [0.1, 0.15) is 40.0 Å². The Morgan fingerprint density at radius 1 is 1.10 bits per heavy atom. The first kappa shape index (κ1) is 23.3. The molecule has 0 bridgehead atoms. The second-order valence-corrected chi connectivity index (χ2v) is 11.6. The minimum atomic E-state index is -3.21. The fourth-order valence-electron chi connectivity index (χ4n) is 3.64. The molecule has 1 aromatic carbocycles. The quantitative estimate of drug-likeness (QED) is 0.667. The Morgan fingerprint density at radius 2 is 1.74 bits per heavy atom. The van der Waals surface area contributed by atoms with Crippen LogP contribution >= 0.6 is 0 Å². The highest BCUT2D eigenvalue weighted by molar-refractivity contribution is 7.90. The standard InChI is InChI=1S/C24H32N2O4S/c1-24(2,3)15-23(27)26-13-11-18(12-14-26)17-30-20-7-10-22(25-16-20)19-5-8-21(9-6-19)31(4,28)29/h5-10,16,18H,11-15,17H2,1-4H3. The highest BCUT2D eigenvalue weighted by atomic mass is 32.2. The van der Waals surface area contributed by atoms with Crippen LogP contribution in [0.5, 0.6) is 5.75 Å². The topological polar surface area (TPSA) is 76.6 Å². The van der Waals surface area contributed by atoms with Crippen LogP contribution < -0.4 is 4.74 Å². The zero-order valence-corrected chi connectivity index (χ0v) is 19.6. The largest absolute Gasteiger partial charge is 0.492 e. The first-order chi connectivity index (χ1) is 14.5. The number of ether oxygens (including phenoxy) is 1. The van der Waals surface area contributed by atoms with Gasteiger partial charge in [-0.1, -0.05) is 32.9 Å². The third-order valence-corrected chi connectivity index (χ3v) is 6.58. The molecule has 0 atom stereocenters. The third-order valence-electron chi connectivity index (χ3n) is 5.45. The summed E-state index contributed by atoms with van der Waals surface area (Å²) in [6, 6.07) is 10.5. The molecule has 0 spiro atoms. The van der Waals surface area contributed by atoms with Gasteiger partial charge in [0.25, 0.3) is 0 Å². The Hall–Kier alpha value is -2.41. The number of hydrogen-bond acceptors (Lipinski definition) is 5. The molecular formula is C24H32N2O4S. The summed E-state index contributed by atoms with van der Waals surface area (Å²) in [4.78, 5) is 19.1. The molecule has 0 N–H and O–H groups in total. The van der Waals surface area contributed by atoms with Crippen molar-refractivity contribution in [2.24, 2.45) is 11.3 Å². The van der Waals surface area contributed by atoms with E-state index in [4.69, 9.17) is 4.74 Å². The van der Waals surface area contributed by atoms with Crippen LogP contribution in [0.3, 0.4) is 0 Å². The maximum Gasteiger partial charge on any atom is 0.223 e. The molecule has 1 aliphatic rings. The number of carbonyl (C=O) groups excluding carboxylic acids is 1. The minimum Gasteiger partial charge on any atom is -0.492 e. The fraction of sp³-hybridized carbons (Fsp3) is 0.500. The molecule has 2 heterocycles. The number of sulfone groups is 1. The molecule has 0 saturated carbocycles. The molecule has 1 aliphatic heterocycles. The van der Waals surface area contributed by atoms with Crippen molar-refractivity contribution >= 4 is 15.7 Å². The van der Waals surface area contributed by atoms with E-state index < -0.39 is 9.84 Å². The van der Waals surface area contributed by atoms with Crippen LogP contribution in [0.25, 0.3) is 11.3 Å². The summed E-state index contributed by atoms with van der Waals surface area (Å²) in [5, 5.41) is 0. The van der Waals surface area contributed by atoms with Crippen molar-refractivity contribution in [3.63, 3.8) is 0 Å². The number of benzene rings is 1. The number of pyridine rings is 1. The number of rotatable bonds is 6. The third kappa shape index (κ3) is 6.79. The van der Waals surface area contributed by atoms with Gasteiger partial charge in [0.05, 0.1) is 23.4 Å². The number of carbonyl (C=O) groups is 1.